The topological polar surface area (TPSA) is 67.2 Å². The highest BCUT2D eigenvalue weighted by Gasteiger charge is 2.12. The van der Waals surface area contributed by atoms with E-state index in [2.05, 4.69) is 23.7 Å². The highest BCUT2D eigenvalue weighted by Crippen LogP contribution is 2.22. The lowest BCUT2D eigenvalue weighted by molar-refractivity contribution is 0.0940. The minimum absolute atomic E-state index is 0.0125. The van der Waals surface area contributed by atoms with Gasteiger partial charge in [0.1, 0.15) is 0 Å². The van der Waals surface area contributed by atoms with Crippen LogP contribution in [-0.2, 0) is 0 Å². The van der Waals surface area contributed by atoms with E-state index in [1.54, 1.807) is 35.6 Å². The van der Waals surface area contributed by atoms with Crippen molar-refractivity contribution in [1.29, 1.82) is 0 Å². The summed E-state index contributed by atoms with van der Waals surface area (Å²) >= 11 is 1.70. The standard InChI is InChI=1S/C14H17N3OS/c1-9-3-8-13(19-9)10(2)16-14(18)11-4-6-12(17-15)7-5-11/h3-8,10,17H,15H2,1-2H3,(H,16,18). The molecule has 1 heterocycles. The fraction of sp³-hybridized carbons (Fsp3) is 0.214. The van der Waals surface area contributed by atoms with Crippen LogP contribution in [0.2, 0.25) is 0 Å². The molecule has 100 valence electrons. The van der Waals surface area contributed by atoms with E-state index in [4.69, 9.17) is 5.84 Å². The minimum atomic E-state index is -0.0814. The third kappa shape index (κ3) is 3.33. The highest BCUT2D eigenvalue weighted by atomic mass is 32.1. The Morgan fingerprint density at radius 1 is 1.21 bits per heavy atom. The van der Waals surface area contributed by atoms with Gasteiger partial charge in [-0.2, -0.15) is 0 Å². The predicted molar refractivity (Wildman–Crippen MR) is 79.2 cm³/mol. The molecule has 0 aliphatic rings. The Bertz CT molecular complexity index is 562. The maximum atomic E-state index is 12.1. The number of amides is 1. The predicted octanol–water partition coefficient (Wildman–Crippen LogP) is 2.83. The molecule has 0 fully saturated rings. The van der Waals surface area contributed by atoms with Gasteiger partial charge in [0.05, 0.1) is 6.04 Å². The van der Waals surface area contributed by atoms with Crippen molar-refractivity contribution >= 4 is 22.9 Å². The molecule has 4 N–H and O–H groups in total. The third-order valence-electron chi connectivity index (χ3n) is 2.85. The first-order valence-electron chi connectivity index (χ1n) is 6.04. The molecule has 19 heavy (non-hydrogen) atoms. The van der Waals surface area contributed by atoms with Gasteiger partial charge in [-0.3, -0.25) is 10.6 Å². The van der Waals surface area contributed by atoms with E-state index < -0.39 is 0 Å². The second-order valence-electron chi connectivity index (χ2n) is 4.37. The Hall–Kier alpha value is -1.85. The maximum Gasteiger partial charge on any atom is 0.251 e. The first kappa shape index (κ1) is 13.6. The number of hydrazine groups is 1. The summed E-state index contributed by atoms with van der Waals surface area (Å²) in [6, 6.07) is 11.2. The van der Waals surface area contributed by atoms with Crippen molar-refractivity contribution in [2.45, 2.75) is 19.9 Å². The van der Waals surface area contributed by atoms with Crippen molar-refractivity contribution in [3.05, 3.63) is 51.7 Å². The van der Waals surface area contributed by atoms with Crippen molar-refractivity contribution < 1.29 is 4.79 Å². The van der Waals surface area contributed by atoms with Gasteiger partial charge in [-0.25, -0.2) is 0 Å². The van der Waals surface area contributed by atoms with Crippen molar-refractivity contribution in [3.8, 4) is 0 Å². The molecular weight excluding hydrogens is 258 g/mol. The van der Waals surface area contributed by atoms with E-state index in [-0.39, 0.29) is 11.9 Å². The molecule has 0 radical (unpaired) electrons. The van der Waals surface area contributed by atoms with E-state index in [1.807, 2.05) is 13.0 Å². The fourth-order valence-electron chi connectivity index (χ4n) is 1.76. The van der Waals surface area contributed by atoms with E-state index in [9.17, 15) is 4.79 Å². The molecule has 0 spiro atoms. The molecule has 1 aromatic heterocycles. The van der Waals surface area contributed by atoms with E-state index >= 15 is 0 Å². The summed E-state index contributed by atoms with van der Waals surface area (Å²) in [5.41, 5.74) is 3.93. The summed E-state index contributed by atoms with van der Waals surface area (Å²) in [5.74, 6) is 5.20. The monoisotopic (exact) mass is 275 g/mol. The first-order valence-corrected chi connectivity index (χ1v) is 6.85. The summed E-state index contributed by atoms with van der Waals surface area (Å²) in [4.78, 5) is 14.5. The van der Waals surface area contributed by atoms with Gasteiger partial charge >= 0.3 is 0 Å². The van der Waals surface area contributed by atoms with Crippen LogP contribution in [0, 0.1) is 6.92 Å². The molecule has 4 nitrogen and oxygen atoms in total. The van der Waals surface area contributed by atoms with Crippen LogP contribution in [0.4, 0.5) is 5.69 Å². The summed E-state index contributed by atoms with van der Waals surface area (Å²) < 4.78 is 0. The smallest absolute Gasteiger partial charge is 0.251 e. The molecule has 0 aliphatic heterocycles. The number of rotatable bonds is 4. The van der Waals surface area contributed by atoms with E-state index in [0.717, 1.165) is 10.6 Å². The molecule has 0 bridgehead atoms. The third-order valence-corrected chi connectivity index (χ3v) is 4.03. The molecule has 1 amide bonds. The van der Waals surface area contributed by atoms with Gasteiger partial charge in [0.25, 0.3) is 5.91 Å². The Morgan fingerprint density at radius 2 is 1.89 bits per heavy atom. The summed E-state index contributed by atoms with van der Waals surface area (Å²) in [7, 11) is 0. The second-order valence-corrected chi connectivity index (χ2v) is 5.68. The number of nitrogen functional groups attached to an aromatic ring is 1. The zero-order valence-electron chi connectivity index (χ0n) is 10.9. The lowest BCUT2D eigenvalue weighted by Gasteiger charge is -2.12. The average Bonchev–Trinajstić information content (AvgIpc) is 2.85. The zero-order valence-corrected chi connectivity index (χ0v) is 11.8. The molecule has 5 heteroatoms. The largest absolute Gasteiger partial charge is 0.345 e. The number of hydrogen-bond donors (Lipinski definition) is 3. The van der Waals surface area contributed by atoms with Crippen LogP contribution in [0.3, 0.4) is 0 Å². The van der Waals surface area contributed by atoms with Gasteiger partial charge in [0, 0.05) is 21.0 Å². The highest BCUT2D eigenvalue weighted by molar-refractivity contribution is 7.12. The second kappa shape index (κ2) is 5.86. The van der Waals surface area contributed by atoms with Gasteiger partial charge in [-0.15, -0.1) is 11.3 Å². The summed E-state index contributed by atoms with van der Waals surface area (Å²) in [6.07, 6.45) is 0. The summed E-state index contributed by atoms with van der Waals surface area (Å²) in [5, 5.41) is 2.98. The molecule has 2 rings (SSSR count). The van der Waals surface area contributed by atoms with Crippen molar-refractivity contribution in [1.82, 2.24) is 5.32 Å². The van der Waals surface area contributed by atoms with Gasteiger partial charge in [0.15, 0.2) is 0 Å². The van der Waals surface area contributed by atoms with E-state index in [0.29, 0.717) is 5.56 Å². The Labute approximate surface area is 116 Å². The Balaban J connectivity index is 2.03. The van der Waals surface area contributed by atoms with Gasteiger partial charge < -0.3 is 10.7 Å². The molecule has 1 aromatic carbocycles. The SMILES string of the molecule is Cc1ccc(C(C)NC(=O)c2ccc(NN)cc2)s1. The van der Waals surface area contributed by atoms with Crippen LogP contribution in [-0.4, -0.2) is 5.91 Å². The number of nitrogens with two attached hydrogens (primary N) is 1. The van der Waals surface area contributed by atoms with Gasteiger partial charge in [-0.1, -0.05) is 0 Å². The number of thiophene rings is 1. The molecule has 1 unspecified atom stereocenters. The van der Waals surface area contributed by atoms with Crippen LogP contribution in [0.5, 0.6) is 0 Å². The molecule has 0 saturated carbocycles. The number of hydrogen-bond acceptors (Lipinski definition) is 4. The molecule has 0 aliphatic carbocycles. The van der Waals surface area contributed by atoms with Gasteiger partial charge in [-0.05, 0) is 50.2 Å². The number of anilines is 1. The number of carbonyl (C=O) groups excluding carboxylic acids is 1. The lowest BCUT2D eigenvalue weighted by Crippen LogP contribution is -2.26. The summed E-state index contributed by atoms with van der Waals surface area (Å²) in [6.45, 7) is 4.04. The normalized spacial score (nSPS) is 11.9. The van der Waals surface area contributed by atoms with Crippen molar-refractivity contribution in [2.24, 2.45) is 5.84 Å². The average molecular weight is 275 g/mol. The lowest BCUT2D eigenvalue weighted by atomic mass is 10.1. The molecule has 2 aromatic rings. The Kier molecular flexibility index (Phi) is 4.19. The van der Waals surface area contributed by atoms with Crippen molar-refractivity contribution in [3.63, 3.8) is 0 Å². The molecular formula is C14H17N3OS. The van der Waals surface area contributed by atoms with E-state index in [1.165, 1.54) is 4.88 Å². The van der Waals surface area contributed by atoms with Crippen LogP contribution in [0.25, 0.3) is 0 Å². The number of carbonyl (C=O) groups is 1. The van der Waals surface area contributed by atoms with Crippen LogP contribution >= 0.6 is 11.3 Å². The number of benzene rings is 1. The van der Waals surface area contributed by atoms with Crippen molar-refractivity contribution in [2.75, 3.05) is 5.43 Å². The van der Waals surface area contributed by atoms with Crippen LogP contribution in [0.1, 0.15) is 33.1 Å². The zero-order chi connectivity index (χ0) is 13.8. The Morgan fingerprint density at radius 3 is 2.42 bits per heavy atom. The number of nitrogens with one attached hydrogen (secondary N) is 2. The van der Waals surface area contributed by atoms with Crippen LogP contribution < -0.4 is 16.6 Å². The molecule has 1 atom stereocenters. The quantitative estimate of drug-likeness (QED) is 0.593. The van der Waals surface area contributed by atoms with Gasteiger partial charge in [0.2, 0.25) is 0 Å². The molecule has 0 saturated heterocycles. The maximum absolute atomic E-state index is 12.1. The first-order chi connectivity index (χ1) is 9.10. The minimum Gasteiger partial charge on any atom is -0.345 e. The number of aryl methyl sites for hydroxylation is 1. The fourth-order valence-corrected chi connectivity index (χ4v) is 2.63. The van der Waals surface area contributed by atoms with Crippen LogP contribution in [0.15, 0.2) is 36.4 Å².